The van der Waals surface area contributed by atoms with Gasteiger partial charge in [-0.15, -0.1) is 16.9 Å². The van der Waals surface area contributed by atoms with E-state index in [1.54, 1.807) is 23.4 Å². The molecule has 1 N–H and O–H groups in total. The number of aromatic nitrogens is 3. The van der Waals surface area contributed by atoms with Gasteiger partial charge >= 0.3 is 0 Å². The highest BCUT2D eigenvalue weighted by molar-refractivity contribution is 7.98. The van der Waals surface area contributed by atoms with E-state index in [2.05, 4.69) is 15.6 Å². The average Bonchev–Trinajstić information content (AvgIpc) is 2.99. The van der Waals surface area contributed by atoms with Gasteiger partial charge in [-0.1, -0.05) is 28.9 Å². The first-order valence-electron chi connectivity index (χ1n) is 7.64. The van der Waals surface area contributed by atoms with E-state index >= 15 is 0 Å². The summed E-state index contributed by atoms with van der Waals surface area (Å²) in [6, 6.07) is 13.3. The van der Waals surface area contributed by atoms with Gasteiger partial charge in [0.15, 0.2) is 5.69 Å². The van der Waals surface area contributed by atoms with E-state index < -0.39 is 0 Å². The number of halogens is 1. The van der Waals surface area contributed by atoms with Gasteiger partial charge in [0.25, 0.3) is 5.91 Å². The summed E-state index contributed by atoms with van der Waals surface area (Å²) in [5, 5.41) is 11.6. The Balaban J connectivity index is 1.87. The van der Waals surface area contributed by atoms with E-state index in [9.17, 15) is 4.79 Å². The molecular formula is C18H17ClN4OS. The van der Waals surface area contributed by atoms with Gasteiger partial charge in [-0.25, -0.2) is 4.68 Å². The fourth-order valence-electron chi connectivity index (χ4n) is 2.39. The molecule has 0 aliphatic carbocycles. The Morgan fingerprint density at radius 2 is 2.00 bits per heavy atom. The minimum atomic E-state index is -0.291. The number of hydrogen-bond acceptors (Lipinski definition) is 4. The average molecular weight is 373 g/mol. The van der Waals surface area contributed by atoms with Gasteiger partial charge in [-0.2, -0.15) is 0 Å². The molecule has 0 bridgehead atoms. The van der Waals surface area contributed by atoms with Crippen LogP contribution in [0.25, 0.3) is 5.69 Å². The Kier molecular flexibility index (Phi) is 5.11. The molecule has 0 aliphatic heterocycles. The topological polar surface area (TPSA) is 59.8 Å². The third-order valence-corrected chi connectivity index (χ3v) is 4.97. The van der Waals surface area contributed by atoms with Crippen LogP contribution in [0.15, 0.2) is 47.4 Å². The number of rotatable bonds is 4. The number of amides is 1. The fraction of sp³-hybridized carbons (Fsp3) is 0.167. The zero-order valence-corrected chi connectivity index (χ0v) is 15.6. The zero-order valence-electron chi connectivity index (χ0n) is 14.1. The van der Waals surface area contributed by atoms with Gasteiger partial charge in [0.1, 0.15) is 0 Å². The van der Waals surface area contributed by atoms with Crippen molar-refractivity contribution in [2.45, 2.75) is 18.7 Å². The van der Waals surface area contributed by atoms with Gasteiger partial charge in [-0.05, 0) is 56.0 Å². The summed E-state index contributed by atoms with van der Waals surface area (Å²) >= 11 is 7.80. The van der Waals surface area contributed by atoms with Crippen LogP contribution in [0.1, 0.15) is 21.7 Å². The number of thioether (sulfide) groups is 1. The Hall–Kier alpha value is -2.31. The molecule has 0 aliphatic rings. The van der Waals surface area contributed by atoms with E-state index in [0.717, 1.165) is 21.8 Å². The van der Waals surface area contributed by atoms with Crippen LogP contribution in [0.5, 0.6) is 0 Å². The van der Waals surface area contributed by atoms with E-state index in [1.807, 2.05) is 55.6 Å². The number of nitrogens with one attached hydrogen (secondary N) is 1. The summed E-state index contributed by atoms with van der Waals surface area (Å²) in [5.74, 6) is -0.291. The number of carbonyl (C=O) groups is 1. The SMILES string of the molecule is CSc1cccc(NC(=O)c2nnn(-c3ccc(C)c(Cl)c3)c2C)c1. The van der Waals surface area contributed by atoms with Crippen LogP contribution in [0, 0.1) is 13.8 Å². The van der Waals surface area contributed by atoms with E-state index in [1.165, 1.54) is 0 Å². The van der Waals surface area contributed by atoms with Crippen molar-refractivity contribution in [1.29, 1.82) is 0 Å². The lowest BCUT2D eigenvalue weighted by Crippen LogP contribution is -2.14. The van der Waals surface area contributed by atoms with E-state index in [0.29, 0.717) is 10.7 Å². The third-order valence-electron chi connectivity index (χ3n) is 3.84. The van der Waals surface area contributed by atoms with E-state index in [4.69, 9.17) is 11.6 Å². The van der Waals surface area contributed by atoms with E-state index in [-0.39, 0.29) is 11.6 Å². The molecule has 0 radical (unpaired) electrons. The first-order valence-corrected chi connectivity index (χ1v) is 9.24. The maximum absolute atomic E-state index is 12.5. The van der Waals surface area contributed by atoms with Crippen molar-refractivity contribution in [3.8, 4) is 5.69 Å². The molecule has 0 fully saturated rings. The number of hydrogen-bond donors (Lipinski definition) is 1. The van der Waals surface area contributed by atoms with Crippen molar-refractivity contribution in [1.82, 2.24) is 15.0 Å². The highest BCUT2D eigenvalue weighted by Crippen LogP contribution is 2.22. The largest absolute Gasteiger partial charge is 0.320 e. The summed E-state index contributed by atoms with van der Waals surface area (Å²) in [4.78, 5) is 13.6. The van der Waals surface area contributed by atoms with Gasteiger partial charge in [0.2, 0.25) is 0 Å². The molecular weight excluding hydrogens is 356 g/mol. The van der Waals surface area contributed by atoms with Crippen LogP contribution in [-0.2, 0) is 0 Å². The number of carbonyl (C=O) groups excluding carboxylic acids is 1. The van der Waals surface area contributed by atoms with Gasteiger partial charge in [-0.3, -0.25) is 4.79 Å². The second-order valence-corrected chi connectivity index (χ2v) is 6.84. The molecule has 0 saturated carbocycles. The van der Waals surface area contributed by atoms with Crippen molar-refractivity contribution in [2.24, 2.45) is 0 Å². The zero-order chi connectivity index (χ0) is 18.0. The molecule has 5 nitrogen and oxygen atoms in total. The van der Waals surface area contributed by atoms with Crippen LogP contribution in [-0.4, -0.2) is 27.2 Å². The lowest BCUT2D eigenvalue weighted by Gasteiger charge is -2.07. The number of benzene rings is 2. The van der Waals surface area contributed by atoms with Gasteiger partial charge < -0.3 is 5.32 Å². The summed E-state index contributed by atoms with van der Waals surface area (Å²) < 4.78 is 1.61. The third kappa shape index (κ3) is 3.70. The molecule has 128 valence electrons. The molecule has 0 spiro atoms. The molecule has 2 aromatic carbocycles. The molecule has 3 aromatic rings. The molecule has 1 aromatic heterocycles. The first-order chi connectivity index (χ1) is 12.0. The number of anilines is 1. The number of aryl methyl sites for hydroxylation is 1. The maximum atomic E-state index is 12.5. The van der Waals surface area contributed by atoms with Crippen LogP contribution in [0.2, 0.25) is 5.02 Å². The van der Waals surface area contributed by atoms with Gasteiger partial charge in [0, 0.05) is 15.6 Å². The predicted octanol–water partition coefficient (Wildman–Crippen LogP) is 4.51. The highest BCUT2D eigenvalue weighted by atomic mass is 35.5. The Labute approximate surface area is 155 Å². The monoisotopic (exact) mass is 372 g/mol. The quantitative estimate of drug-likeness (QED) is 0.684. The van der Waals surface area contributed by atoms with Crippen molar-refractivity contribution < 1.29 is 4.79 Å². The van der Waals surface area contributed by atoms with Crippen LogP contribution >= 0.6 is 23.4 Å². The first kappa shape index (κ1) is 17.5. The molecule has 1 amide bonds. The normalized spacial score (nSPS) is 10.7. The number of nitrogens with zero attached hydrogens (tertiary/aromatic N) is 3. The lowest BCUT2D eigenvalue weighted by molar-refractivity contribution is 0.102. The highest BCUT2D eigenvalue weighted by Gasteiger charge is 2.18. The standard InChI is InChI=1S/C18H17ClN4OS/c1-11-7-8-14(10-16(11)19)23-12(2)17(21-22-23)18(24)20-13-5-4-6-15(9-13)25-3/h4-10H,1-3H3,(H,20,24). The second kappa shape index (κ2) is 7.29. The molecule has 0 unspecified atom stereocenters. The van der Waals surface area contributed by atoms with Crippen molar-refractivity contribution in [3.63, 3.8) is 0 Å². The summed E-state index contributed by atoms with van der Waals surface area (Å²) in [5.41, 5.74) is 3.41. The minimum absolute atomic E-state index is 0.284. The molecule has 1 heterocycles. The predicted molar refractivity (Wildman–Crippen MR) is 102 cm³/mol. The smallest absolute Gasteiger partial charge is 0.278 e. The minimum Gasteiger partial charge on any atom is -0.320 e. The Morgan fingerprint density at radius 3 is 2.72 bits per heavy atom. The summed E-state index contributed by atoms with van der Waals surface area (Å²) in [7, 11) is 0. The van der Waals surface area contributed by atoms with Gasteiger partial charge in [0.05, 0.1) is 11.4 Å². The molecule has 0 saturated heterocycles. The molecule has 0 atom stereocenters. The molecule has 25 heavy (non-hydrogen) atoms. The van der Waals surface area contributed by atoms with Crippen LogP contribution in [0.3, 0.4) is 0 Å². The molecule has 7 heteroatoms. The van der Waals surface area contributed by atoms with Crippen LogP contribution in [0.4, 0.5) is 5.69 Å². The fourth-order valence-corrected chi connectivity index (χ4v) is 3.02. The maximum Gasteiger partial charge on any atom is 0.278 e. The second-order valence-electron chi connectivity index (χ2n) is 5.55. The van der Waals surface area contributed by atoms with Crippen molar-refractivity contribution >= 4 is 35.0 Å². The lowest BCUT2D eigenvalue weighted by atomic mass is 10.2. The summed E-state index contributed by atoms with van der Waals surface area (Å²) in [6.07, 6.45) is 1.99. The Bertz CT molecular complexity index is 939. The summed E-state index contributed by atoms with van der Waals surface area (Å²) in [6.45, 7) is 3.74. The van der Waals surface area contributed by atoms with Crippen LogP contribution < -0.4 is 5.32 Å². The van der Waals surface area contributed by atoms with Crippen molar-refractivity contribution in [3.05, 3.63) is 64.4 Å². The molecule has 3 rings (SSSR count). The van der Waals surface area contributed by atoms with Crippen molar-refractivity contribution in [2.75, 3.05) is 11.6 Å². The Morgan fingerprint density at radius 1 is 1.20 bits per heavy atom.